The summed E-state index contributed by atoms with van der Waals surface area (Å²) in [5, 5.41) is 19.0. The van der Waals surface area contributed by atoms with Gasteiger partial charge in [-0.15, -0.1) is 0 Å². The lowest BCUT2D eigenvalue weighted by molar-refractivity contribution is -0.148. The number of aliphatic carboxylic acids is 1. The molecule has 0 radical (unpaired) electrons. The molecule has 3 unspecified atom stereocenters. The van der Waals surface area contributed by atoms with E-state index in [-0.39, 0.29) is 25.2 Å². The predicted molar refractivity (Wildman–Crippen MR) is 77.9 cm³/mol. The molecule has 2 aliphatic heterocycles. The Hall–Kier alpha value is -1.30. The summed E-state index contributed by atoms with van der Waals surface area (Å²) in [5.41, 5.74) is -0.787. The fourth-order valence-electron chi connectivity index (χ4n) is 3.71. The lowest BCUT2D eigenvalue weighted by Gasteiger charge is -2.31. The Kier molecular flexibility index (Phi) is 4.76. The number of aliphatic hydroxyl groups excluding tert-OH is 1. The van der Waals surface area contributed by atoms with Gasteiger partial charge in [-0.05, 0) is 25.2 Å². The second-order valence-electron chi connectivity index (χ2n) is 6.50. The van der Waals surface area contributed by atoms with Gasteiger partial charge >= 0.3 is 12.0 Å². The highest BCUT2D eigenvalue weighted by atomic mass is 16.4. The molecule has 6 heteroatoms. The summed E-state index contributed by atoms with van der Waals surface area (Å²) in [6.07, 6.45) is 2.82. The van der Waals surface area contributed by atoms with Crippen molar-refractivity contribution < 1.29 is 19.8 Å². The molecule has 2 rings (SSSR count). The van der Waals surface area contributed by atoms with Crippen LogP contribution in [0.15, 0.2) is 0 Å². The minimum Gasteiger partial charge on any atom is -0.481 e. The molecule has 21 heavy (non-hydrogen) atoms. The van der Waals surface area contributed by atoms with E-state index in [1.807, 2.05) is 13.8 Å². The maximum absolute atomic E-state index is 12.6. The molecule has 0 aromatic rings. The van der Waals surface area contributed by atoms with Crippen molar-refractivity contribution in [2.75, 3.05) is 26.2 Å². The zero-order chi connectivity index (χ0) is 15.6. The average Bonchev–Trinajstić information content (AvgIpc) is 3.03. The normalized spacial score (nSPS) is 32.7. The Labute approximate surface area is 125 Å². The highest BCUT2D eigenvalue weighted by Gasteiger charge is 2.47. The standard InChI is InChI=1S/C15H26N2O4/c1-3-5-15(13(19)20)6-8-16(10-15)14(21)17-7-4-11(2)12(17)9-18/h11-12,18H,3-10H2,1-2H3,(H,19,20). The minimum atomic E-state index is -0.798. The number of rotatable bonds is 4. The third-order valence-electron chi connectivity index (χ3n) is 5.12. The number of hydrogen-bond acceptors (Lipinski definition) is 3. The van der Waals surface area contributed by atoms with Crippen molar-refractivity contribution >= 4 is 12.0 Å². The molecule has 6 nitrogen and oxygen atoms in total. The lowest BCUT2D eigenvalue weighted by atomic mass is 9.83. The van der Waals surface area contributed by atoms with Crippen LogP contribution in [-0.2, 0) is 4.79 Å². The largest absolute Gasteiger partial charge is 0.481 e. The van der Waals surface area contributed by atoms with E-state index >= 15 is 0 Å². The number of amides is 2. The highest BCUT2D eigenvalue weighted by molar-refractivity contribution is 5.80. The van der Waals surface area contributed by atoms with Gasteiger partial charge in [-0.3, -0.25) is 4.79 Å². The molecular weight excluding hydrogens is 272 g/mol. The summed E-state index contributed by atoms with van der Waals surface area (Å²) in [6.45, 7) is 5.41. The van der Waals surface area contributed by atoms with Gasteiger partial charge in [0.2, 0.25) is 0 Å². The Morgan fingerprint density at radius 1 is 1.33 bits per heavy atom. The van der Waals surface area contributed by atoms with Crippen molar-refractivity contribution in [1.29, 1.82) is 0 Å². The van der Waals surface area contributed by atoms with Crippen molar-refractivity contribution in [1.82, 2.24) is 9.80 Å². The zero-order valence-corrected chi connectivity index (χ0v) is 12.9. The molecule has 2 saturated heterocycles. The Morgan fingerprint density at radius 3 is 2.62 bits per heavy atom. The van der Waals surface area contributed by atoms with E-state index in [4.69, 9.17) is 0 Å². The highest BCUT2D eigenvalue weighted by Crippen LogP contribution is 2.37. The van der Waals surface area contributed by atoms with Gasteiger partial charge in [-0.1, -0.05) is 20.3 Å². The SMILES string of the molecule is CCCC1(C(=O)O)CCN(C(=O)N2CCC(C)C2CO)C1. The number of carboxylic acid groups (broad SMARTS) is 1. The minimum absolute atomic E-state index is 0.0280. The molecule has 2 amide bonds. The van der Waals surface area contributed by atoms with Crippen molar-refractivity contribution in [3.8, 4) is 0 Å². The number of aliphatic hydroxyl groups is 1. The van der Waals surface area contributed by atoms with Gasteiger partial charge < -0.3 is 20.0 Å². The first kappa shape index (κ1) is 16.1. The number of carbonyl (C=O) groups is 2. The van der Waals surface area contributed by atoms with E-state index in [0.717, 1.165) is 12.8 Å². The van der Waals surface area contributed by atoms with E-state index in [9.17, 15) is 19.8 Å². The Bertz CT molecular complexity index is 414. The van der Waals surface area contributed by atoms with Crippen LogP contribution in [-0.4, -0.2) is 64.3 Å². The topological polar surface area (TPSA) is 81.1 Å². The van der Waals surface area contributed by atoms with Gasteiger partial charge in [0.05, 0.1) is 18.1 Å². The predicted octanol–water partition coefficient (Wildman–Crippen LogP) is 1.39. The summed E-state index contributed by atoms with van der Waals surface area (Å²) < 4.78 is 0. The number of nitrogens with zero attached hydrogens (tertiary/aromatic N) is 2. The summed E-state index contributed by atoms with van der Waals surface area (Å²) in [5.74, 6) is -0.505. The van der Waals surface area contributed by atoms with Crippen LogP contribution in [0, 0.1) is 11.3 Å². The molecule has 0 bridgehead atoms. The molecule has 0 aromatic heterocycles. The third kappa shape index (κ3) is 2.86. The molecular formula is C15H26N2O4. The van der Waals surface area contributed by atoms with Crippen LogP contribution in [0.5, 0.6) is 0 Å². The molecule has 2 N–H and O–H groups in total. The number of carbonyl (C=O) groups excluding carboxylic acids is 1. The summed E-state index contributed by atoms with van der Waals surface area (Å²) in [4.78, 5) is 27.6. The van der Waals surface area contributed by atoms with Crippen LogP contribution in [0.1, 0.15) is 39.5 Å². The van der Waals surface area contributed by atoms with Crippen molar-refractivity contribution in [2.24, 2.45) is 11.3 Å². The van der Waals surface area contributed by atoms with E-state index in [2.05, 4.69) is 0 Å². The van der Waals surface area contributed by atoms with Gasteiger partial charge in [0.25, 0.3) is 0 Å². The summed E-state index contributed by atoms with van der Waals surface area (Å²) in [7, 11) is 0. The molecule has 0 saturated carbocycles. The molecule has 2 aliphatic rings. The first-order valence-electron chi connectivity index (χ1n) is 7.85. The molecule has 2 heterocycles. The number of urea groups is 1. The van der Waals surface area contributed by atoms with Gasteiger partial charge in [-0.25, -0.2) is 4.79 Å². The second-order valence-corrected chi connectivity index (χ2v) is 6.50. The average molecular weight is 298 g/mol. The first-order valence-corrected chi connectivity index (χ1v) is 7.85. The van der Waals surface area contributed by atoms with Gasteiger partial charge in [0.15, 0.2) is 0 Å². The number of hydrogen-bond donors (Lipinski definition) is 2. The molecule has 2 fully saturated rings. The summed E-state index contributed by atoms with van der Waals surface area (Å²) >= 11 is 0. The van der Waals surface area contributed by atoms with Crippen LogP contribution in [0.25, 0.3) is 0 Å². The van der Waals surface area contributed by atoms with Crippen LogP contribution >= 0.6 is 0 Å². The van der Waals surface area contributed by atoms with Crippen LogP contribution < -0.4 is 0 Å². The molecule has 0 aliphatic carbocycles. The Morgan fingerprint density at radius 2 is 2.05 bits per heavy atom. The molecule has 3 atom stereocenters. The van der Waals surface area contributed by atoms with Gasteiger partial charge in [0, 0.05) is 19.6 Å². The van der Waals surface area contributed by atoms with Gasteiger partial charge in [0.1, 0.15) is 0 Å². The van der Waals surface area contributed by atoms with E-state index in [1.165, 1.54) is 0 Å². The van der Waals surface area contributed by atoms with E-state index < -0.39 is 11.4 Å². The second kappa shape index (κ2) is 6.22. The lowest BCUT2D eigenvalue weighted by Crippen LogP contribution is -2.48. The number of likely N-dealkylation sites (tertiary alicyclic amines) is 2. The maximum Gasteiger partial charge on any atom is 0.320 e. The fourth-order valence-corrected chi connectivity index (χ4v) is 3.71. The van der Waals surface area contributed by atoms with Crippen molar-refractivity contribution in [3.63, 3.8) is 0 Å². The monoisotopic (exact) mass is 298 g/mol. The molecule has 120 valence electrons. The first-order chi connectivity index (χ1) is 9.95. The summed E-state index contributed by atoms with van der Waals surface area (Å²) in [6, 6.07) is -0.249. The van der Waals surface area contributed by atoms with Crippen LogP contribution in [0.3, 0.4) is 0 Å². The van der Waals surface area contributed by atoms with E-state index in [1.54, 1.807) is 9.80 Å². The van der Waals surface area contributed by atoms with Crippen LogP contribution in [0.4, 0.5) is 4.79 Å². The fraction of sp³-hybridized carbons (Fsp3) is 0.867. The number of carboxylic acids is 1. The van der Waals surface area contributed by atoms with E-state index in [0.29, 0.717) is 31.8 Å². The third-order valence-corrected chi connectivity index (χ3v) is 5.12. The van der Waals surface area contributed by atoms with Gasteiger partial charge in [-0.2, -0.15) is 0 Å². The van der Waals surface area contributed by atoms with Crippen LogP contribution in [0.2, 0.25) is 0 Å². The quantitative estimate of drug-likeness (QED) is 0.821. The van der Waals surface area contributed by atoms with Crippen molar-refractivity contribution in [3.05, 3.63) is 0 Å². The smallest absolute Gasteiger partial charge is 0.320 e. The Balaban J connectivity index is 2.07. The zero-order valence-electron chi connectivity index (χ0n) is 12.9. The maximum atomic E-state index is 12.6. The molecule has 0 spiro atoms. The van der Waals surface area contributed by atoms with Crippen molar-refractivity contribution in [2.45, 2.75) is 45.6 Å². The molecule has 0 aromatic carbocycles.